The maximum absolute atomic E-state index is 12.1. The van der Waals surface area contributed by atoms with Gasteiger partial charge in [-0.05, 0) is 58.5 Å². The summed E-state index contributed by atoms with van der Waals surface area (Å²) in [5, 5.41) is 5.67. The van der Waals surface area contributed by atoms with Crippen LogP contribution in [0.1, 0.15) is 5.56 Å². The molecule has 0 heterocycles. The molecule has 24 heavy (non-hydrogen) atoms. The molecule has 2 aromatic rings. The van der Waals surface area contributed by atoms with Gasteiger partial charge in [0.05, 0.1) is 0 Å². The fourth-order valence-electron chi connectivity index (χ4n) is 1.84. The van der Waals surface area contributed by atoms with Crippen molar-refractivity contribution in [2.24, 2.45) is 0 Å². The number of alkyl halides is 3. The number of amides is 1. The Morgan fingerprint density at radius 3 is 2.25 bits per heavy atom. The van der Waals surface area contributed by atoms with Gasteiger partial charge in [0.2, 0.25) is 9.70 Å². The summed E-state index contributed by atoms with van der Waals surface area (Å²) in [6.07, 6.45) is 2.21. The third kappa shape index (κ3) is 6.51. The van der Waals surface area contributed by atoms with E-state index in [-0.39, 0.29) is 5.91 Å². The minimum Gasteiger partial charge on any atom is -0.362 e. The molecular weight excluding hydrogens is 481 g/mol. The topological polar surface area (TPSA) is 41.1 Å². The first-order valence-corrected chi connectivity index (χ1v) is 9.18. The third-order valence-corrected chi connectivity index (χ3v) is 4.37. The van der Waals surface area contributed by atoms with E-state index in [2.05, 4.69) is 33.2 Å². The van der Waals surface area contributed by atoms with Gasteiger partial charge < -0.3 is 10.6 Å². The molecule has 7 heteroatoms. The molecule has 2 rings (SSSR count). The fraction of sp³-hybridized carbons (Fsp3) is 0.118. The smallest absolute Gasteiger partial charge is 0.245 e. The molecule has 0 spiro atoms. The molecular formula is C17H14Cl3IN2O. The van der Waals surface area contributed by atoms with E-state index in [9.17, 15) is 4.79 Å². The molecule has 1 amide bonds. The molecule has 0 unspecified atom stereocenters. The maximum Gasteiger partial charge on any atom is 0.245 e. The van der Waals surface area contributed by atoms with Crippen molar-refractivity contribution >= 4 is 75.1 Å². The van der Waals surface area contributed by atoms with Crippen LogP contribution in [0.2, 0.25) is 0 Å². The van der Waals surface area contributed by atoms with Crippen LogP contribution < -0.4 is 10.6 Å². The second-order valence-corrected chi connectivity index (χ2v) is 8.49. The number of halogens is 4. The van der Waals surface area contributed by atoms with Crippen molar-refractivity contribution in [2.75, 3.05) is 5.32 Å². The molecule has 0 aliphatic carbocycles. The molecule has 126 valence electrons. The summed E-state index contributed by atoms with van der Waals surface area (Å²) < 4.78 is -0.627. The summed E-state index contributed by atoms with van der Waals surface area (Å²) in [6.45, 7) is 0. The van der Waals surface area contributed by atoms with Crippen LogP contribution >= 0.6 is 57.4 Å². The minimum atomic E-state index is -1.71. The SMILES string of the molecule is O=C(/C=C/c1ccccc1)N[C@@H](Nc1ccc(I)cc1)C(Cl)(Cl)Cl. The van der Waals surface area contributed by atoms with Crippen LogP contribution in [0.5, 0.6) is 0 Å². The Hall–Kier alpha value is -0.950. The van der Waals surface area contributed by atoms with Crippen LogP contribution in [-0.4, -0.2) is 15.9 Å². The number of rotatable bonds is 5. The highest BCUT2D eigenvalue weighted by molar-refractivity contribution is 14.1. The molecule has 0 aliphatic rings. The van der Waals surface area contributed by atoms with Gasteiger partial charge in [0.1, 0.15) is 6.17 Å². The molecule has 2 aromatic carbocycles. The molecule has 0 radical (unpaired) electrons. The molecule has 0 aliphatic heterocycles. The fourth-order valence-corrected chi connectivity index (χ4v) is 2.53. The van der Waals surface area contributed by atoms with Crippen molar-refractivity contribution in [3.05, 3.63) is 69.8 Å². The zero-order chi connectivity index (χ0) is 17.6. The highest BCUT2D eigenvalue weighted by Gasteiger charge is 2.33. The van der Waals surface area contributed by atoms with E-state index in [1.54, 1.807) is 6.08 Å². The number of carbonyl (C=O) groups excluding carboxylic acids is 1. The lowest BCUT2D eigenvalue weighted by Gasteiger charge is -2.27. The summed E-state index contributed by atoms with van der Waals surface area (Å²) in [4.78, 5) is 12.1. The van der Waals surface area contributed by atoms with Crippen molar-refractivity contribution in [1.29, 1.82) is 0 Å². The van der Waals surface area contributed by atoms with Crippen LogP contribution in [0.25, 0.3) is 6.08 Å². The zero-order valence-electron chi connectivity index (χ0n) is 12.3. The Bertz CT molecular complexity index is 700. The van der Waals surface area contributed by atoms with E-state index >= 15 is 0 Å². The van der Waals surface area contributed by atoms with Gasteiger partial charge in [0.15, 0.2) is 0 Å². The lowest BCUT2D eigenvalue weighted by molar-refractivity contribution is -0.116. The van der Waals surface area contributed by atoms with Crippen molar-refractivity contribution < 1.29 is 4.79 Å². The van der Waals surface area contributed by atoms with Crippen LogP contribution in [0, 0.1) is 3.57 Å². The van der Waals surface area contributed by atoms with Crippen LogP contribution in [0.4, 0.5) is 5.69 Å². The van der Waals surface area contributed by atoms with Gasteiger partial charge in [-0.2, -0.15) is 0 Å². The second kappa shape index (κ2) is 8.94. The minimum absolute atomic E-state index is 0.367. The number of hydrogen-bond donors (Lipinski definition) is 2. The second-order valence-electron chi connectivity index (χ2n) is 4.88. The average Bonchev–Trinajstić information content (AvgIpc) is 2.54. The standard InChI is InChI=1S/C17H14Cl3IN2O/c18-17(19,20)16(22-14-9-7-13(21)8-10-14)23-15(24)11-6-12-4-2-1-3-5-12/h1-11,16,22H,(H,23,24)/b11-6+/t16-/m1/s1. The first kappa shape index (κ1) is 19.4. The molecule has 0 saturated heterocycles. The van der Waals surface area contributed by atoms with Gasteiger partial charge in [0.25, 0.3) is 0 Å². The van der Waals surface area contributed by atoms with E-state index in [4.69, 9.17) is 34.8 Å². The Morgan fingerprint density at radius 2 is 1.67 bits per heavy atom. The highest BCUT2D eigenvalue weighted by atomic mass is 127. The van der Waals surface area contributed by atoms with Crippen molar-refractivity contribution in [1.82, 2.24) is 5.32 Å². The van der Waals surface area contributed by atoms with Gasteiger partial charge >= 0.3 is 0 Å². The molecule has 0 aromatic heterocycles. The predicted molar refractivity (Wildman–Crippen MR) is 110 cm³/mol. The van der Waals surface area contributed by atoms with Gasteiger partial charge in [0, 0.05) is 15.3 Å². The Labute approximate surface area is 169 Å². The van der Waals surface area contributed by atoms with Gasteiger partial charge in [-0.1, -0.05) is 65.1 Å². The van der Waals surface area contributed by atoms with Gasteiger partial charge in [-0.3, -0.25) is 4.79 Å². The van der Waals surface area contributed by atoms with Crippen molar-refractivity contribution in [3.63, 3.8) is 0 Å². The normalized spacial score (nSPS) is 12.8. The monoisotopic (exact) mass is 494 g/mol. The summed E-state index contributed by atoms with van der Waals surface area (Å²) in [6, 6.07) is 17.0. The number of hydrogen-bond acceptors (Lipinski definition) is 2. The third-order valence-electron chi connectivity index (χ3n) is 3.00. The molecule has 0 saturated carbocycles. The Morgan fingerprint density at radius 1 is 1.04 bits per heavy atom. The Balaban J connectivity index is 2.04. The van der Waals surface area contributed by atoms with Gasteiger partial charge in [-0.15, -0.1) is 0 Å². The average molecular weight is 496 g/mol. The molecule has 2 N–H and O–H groups in total. The molecule has 0 fully saturated rings. The predicted octanol–water partition coefficient (Wildman–Crippen LogP) is 5.23. The largest absolute Gasteiger partial charge is 0.362 e. The first-order valence-electron chi connectivity index (χ1n) is 6.97. The molecule has 0 bridgehead atoms. The van der Waals surface area contributed by atoms with Crippen LogP contribution in [0.15, 0.2) is 60.7 Å². The highest BCUT2D eigenvalue weighted by Crippen LogP contribution is 2.31. The van der Waals surface area contributed by atoms with Crippen LogP contribution in [-0.2, 0) is 4.79 Å². The number of anilines is 1. The van der Waals surface area contributed by atoms with Crippen molar-refractivity contribution in [3.8, 4) is 0 Å². The summed E-state index contributed by atoms with van der Waals surface area (Å²) in [7, 11) is 0. The maximum atomic E-state index is 12.1. The number of carbonyl (C=O) groups is 1. The number of nitrogens with one attached hydrogen (secondary N) is 2. The number of benzene rings is 2. The molecule has 3 nitrogen and oxygen atoms in total. The summed E-state index contributed by atoms with van der Waals surface area (Å²) in [5.41, 5.74) is 1.64. The van der Waals surface area contributed by atoms with E-state index < -0.39 is 9.96 Å². The van der Waals surface area contributed by atoms with Crippen LogP contribution in [0.3, 0.4) is 0 Å². The Kier molecular flexibility index (Phi) is 7.22. The quantitative estimate of drug-likeness (QED) is 0.258. The first-order chi connectivity index (χ1) is 11.3. The lowest BCUT2D eigenvalue weighted by atomic mass is 10.2. The van der Waals surface area contributed by atoms with E-state index in [0.29, 0.717) is 0 Å². The summed E-state index contributed by atoms with van der Waals surface area (Å²) >= 11 is 20.1. The zero-order valence-corrected chi connectivity index (χ0v) is 16.8. The van der Waals surface area contributed by atoms with E-state index in [1.165, 1.54) is 6.08 Å². The molecule has 1 atom stereocenters. The van der Waals surface area contributed by atoms with Gasteiger partial charge in [-0.25, -0.2) is 0 Å². The van der Waals surface area contributed by atoms with E-state index in [1.807, 2.05) is 54.6 Å². The van der Waals surface area contributed by atoms with E-state index in [0.717, 1.165) is 14.8 Å². The lowest BCUT2D eigenvalue weighted by Crippen LogP contribution is -2.48. The summed E-state index contributed by atoms with van der Waals surface area (Å²) in [5.74, 6) is -0.367. The van der Waals surface area contributed by atoms with Crippen molar-refractivity contribution in [2.45, 2.75) is 9.96 Å².